The third kappa shape index (κ3) is 3.59. The largest absolute Gasteiger partial charge is 0.493 e. The third-order valence-corrected chi connectivity index (χ3v) is 3.82. The Bertz CT molecular complexity index is 551. The van der Waals surface area contributed by atoms with Crippen molar-refractivity contribution in [3.8, 4) is 17.2 Å². The molecule has 0 spiro atoms. The van der Waals surface area contributed by atoms with Gasteiger partial charge in [-0.3, -0.25) is 4.90 Å². The smallest absolute Gasteiger partial charge is 0.408 e. The number of hydrogen-bond acceptors (Lipinski definition) is 5. The fourth-order valence-corrected chi connectivity index (χ4v) is 2.85. The number of halogens is 4. The van der Waals surface area contributed by atoms with Crippen molar-refractivity contribution in [2.75, 3.05) is 40.1 Å². The van der Waals surface area contributed by atoms with Gasteiger partial charge in [-0.25, -0.2) is 0 Å². The van der Waals surface area contributed by atoms with E-state index in [1.807, 2.05) is 0 Å². The molecule has 1 N–H and O–H groups in total. The second-order valence-corrected chi connectivity index (χ2v) is 5.19. The molecule has 5 nitrogen and oxygen atoms in total. The second-order valence-electron chi connectivity index (χ2n) is 5.19. The number of nitrogens with zero attached hydrogens (tertiary/aromatic N) is 1. The predicted octanol–water partition coefficient (Wildman–Crippen LogP) is 2.35. The molecule has 2 aliphatic heterocycles. The first-order valence-corrected chi connectivity index (χ1v) is 6.99. The van der Waals surface area contributed by atoms with Crippen LogP contribution in [0.25, 0.3) is 0 Å². The molecular formula is C14H18ClF3N2O3. The zero-order valence-corrected chi connectivity index (χ0v) is 13.3. The summed E-state index contributed by atoms with van der Waals surface area (Å²) in [5.74, 6) is 0.903. The maximum atomic E-state index is 13.6. The number of hydrogen-bond donors (Lipinski definition) is 1. The highest BCUT2D eigenvalue weighted by Crippen LogP contribution is 2.46. The Labute approximate surface area is 138 Å². The van der Waals surface area contributed by atoms with Crippen LogP contribution in [0.5, 0.6) is 17.2 Å². The highest BCUT2D eigenvalue weighted by atomic mass is 35.5. The molecule has 3 rings (SSSR count). The Balaban J connectivity index is 0.00000192. The minimum absolute atomic E-state index is 0. The summed E-state index contributed by atoms with van der Waals surface area (Å²) >= 11 is 0. The molecule has 0 amide bonds. The molecule has 1 aromatic carbocycles. The van der Waals surface area contributed by atoms with E-state index in [4.69, 9.17) is 14.2 Å². The lowest BCUT2D eigenvalue weighted by molar-refractivity contribution is -0.187. The van der Waals surface area contributed by atoms with Crippen molar-refractivity contribution in [2.24, 2.45) is 0 Å². The third-order valence-electron chi connectivity index (χ3n) is 3.82. The minimum Gasteiger partial charge on any atom is -0.493 e. The highest BCUT2D eigenvalue weighted by Gasteiger charge is 2.45. The monoisotopic (exact) mass is 354 g/mol. The molecule has 1 saturated heterocycles. The lowest BCUT2D eigenvalue weighted by atomic mass is 10.0. The van der Waals surface area contributed by atoms with E-state index >= 15 is 0 Å². The van der Waals surface area contributed by atoms with Crippen molar-refractivity contribution in [3.63, 3.8) is 0 Å². The van der Waals surface area contributed by atoms with E-state index in [2.05, 4.69) is 5.32 Å². The number of rotatable bonds is 3. The first-order chi connectivity index (χ1) is 10.5. The van der Waals surface area contributed by atoms with Gasteiger partial charge < -0.3 is 19.5 Å². The standard InChI is InChI=1S/C14H17F3N2O3.ClH/c1-20-10-6-9(7-11-12(10)22-8-21-11)13(14(15,16)17)19-4-2-18-3-5-19;/h6-7,13,18H,2-5,8H2,1H3;1H/t13-;/m0./s1. The average molecular weight is 355 g/mol. The molecule has 2 heterocycles. The fraction of sp³-hybridized carbons (Fsp3) is 0.571. The molecule has 130 valence electrons. The van der Waals surface area contributed by atoms with E-state index in [1.165, 1.54) is 24.1 Å². The molecule has 1 fully saturated rings. The van der Waals surface area contributed by atoms with E-state index in [9.17, 15) is 13.2 Å². The summed E-state index contributed by atoms with van der Waals surface area (Å²) in [6.45, 7) is 1.73. The summed E-state index contributed by atoms with van der Waals surface area (Å²) in [5, 5.41) is 3.06. The molecule has 1 aromatic rings. The van der Waals surface area contributed by atoms with Gasteiger partial charge in [0.25, 0.3) is 0 Å². The summed E-state index contributed by atoms with van der Waals surface area (Å²) in [6.07, 6.45) is -4.38. The molecule has 0 saturated carbocycles. The normalized spacial score (nSPS) is 19.1. The van der Waals surface area contributed by atoms with E-state index in [1.54, 1.807) is 0 Å². The molecule has 23 heavy (non-hydrogen) atoms. The van der Waals surface area contributed by atoms with Gasteiger partial charge in [-0.2, -0.15) is 13.2 Å². The van der Waals surface area contributed by atoms with Crippen molar-refractivity contribution in [2.45, 2.75) is 12.2 Å². The summed E-state index contributed by atoms with van der Waals surface area (Å²) in [4.78, 5) is 1.42. The second kappa shape index (κ2) is 7.02. The molecule has 2 aliphatic rings. The van der Waals surface area contributed by atoms with Crippen LogP contribution in [0.15, 0.2) is 12.1 Å². The molecule has 1 atom stereocenters. The van der Waals surface area contributed by atoms with Gasteiger partial charge in [0, 0.05) is 26.2 Å². The van der Waals surface area contributed by atoms with E-state index in [0.717, 1.165) is 0 Å². The first kappa shape index (κ1) is 18.0. The van der Waals surface area contributed by atoms with Crippen molar-refractivity contribution in [1.29, 1.82) is 0 Å². The van der Waals surface area contributed by atoms with Gasteiger partial charge in [-0.15, -0.1) is 12.4 Å². The number of benzene rings is 1. The predicted molar refractivity (Wildman–Crippen MR) is 79.6 cm³/mol. The Morgan fingerprint density at radius 1 is 1.22 bits per heavy atom. The van der Waals surface area contributed by atoms with Crippen LogP contribution in [0.3, 0.4) is 0 Å². The molecule has 0 bridgehead atoms. The summed E-state index contributed by atoms with van der Waals surface area (Å²) < 4.78 is 56.4. The van der Waals surface area contributed by atoms with Crippen LogP contribution in [0, 0.1) is 0 Å². The maximum absolute atomic E-state index is 13.6. The molecule has 0 unspecified atom stereocenters. The topological polar surface area (TPSA) is 43.0 Å². The van der Waals surface area contributed by atoms with Crippen molar-refractivity contribution in [1.82, 2.24) is 10.2 Å². The molecule has 9 heteroatoms. The number of alkyl halides is 3. The summed E-state index contributed by atoms with van der Waals surface area (Å²) in [7, 11) is 1.40. The zero-order chi connectivity index (χ0) is 15.7. The van der Waals surface area contributed by atoms with Crippen molar-refractivity contribution < 1.29 is 27.4 Å². The number of fused-ring (bicyclic) bond motifs is 1. The molecule has 0 aliphatic carbocycles. The molecule has 0 radical (unpaired) electrons. The number of ether oxygens (including phenoxy) is 3. The van der Waals surface area contributed by atoms with Gasteiger partial charge in [0.15, 0.2) is 11.5 Å². The number of nitrogens with one attached hydrogen (secondary N) is 1. The molecule has 0 aromatic heterocycles. The Morgan fingerprint density at radius 3 is 2.52 bits per heavy atom. The van der Waals surface area contributed by atoms with Gasteiger partial charge in [0.1, 0.15) is 6.04 Å². The van der Waals surface area contributed by atoms with E-state index < -0.39 is 12.2 Å². The van der Waals surface area contributed by atoms with Crippen LogP contribution in [0.2, 0.25) is 0 Å². The van der Waals surface area contributed by atoms with Crippen LogP contribution in [-0.4, -0.2) is 51.2 Å². The fourth-order valence-electron chi connectivity index (χ4n) is 2.85. The van der Waals surface area contributed by atoms with Crippen LogP contribution >= 0.6 is 12.4 Å². The van der Waals surface area contributed by atoms with Crippen LogP contribution in [-0.2, 0) is 0 Å². The van der Waals surface area contributed by atoms with Crippen LogP contribution < -0.4 is 19.5 Å². The van der Waals surface area contributed by atoms with Crippen molar-refractivity contribution >= 4 is 12.4 Å². The number of piperazine rings is 1. The number of methoxy groups -OCH3 is 1. The molecular weight excluding hydrogens is 337 g/mol. The van der Waals surface area contributed by atoms with Gasteiger partial charge in [0.2, 0.25) is 12.5 Å². The summed E-state index contributed by atoms with van der Waals surface area (Å²) in [6, 6.07) is 1.09. The lowest BCUT2D eigenvalue weighted by Crippen LogP contribution is -2.49. The van der Waals surface area contributed by atoms with Gasteiger partial charge in [-0.1, -0.05) is 0 Å². The van der Waals surface area contributed by atoms with Crippen LogP contribution in [0.1, 0.15) is 11.6 Å². The van der Waals surface area contributed by atoms with Crippen LogP contribution in [0.4, 0.5) is 13.2 Å². The Kier molecular flexibility index (Phi) is 5.49. The SMILES string of the molecule is COc1cc([C@H](N2CCNCC2)C(F)(F)F)cc2c1OCO2.Cl. The van der Waals surface area contributed by atoms with Crippen molar-refractivity contribution in [3.05, 3.63) is 17.7 Å². The summed E-state index contributed by atoms with van der Waals surface area (Å²) in [5.41, 5.74) is 0.107. The van der Waals surface area contributed by atoms with Gasteiger partial charge >= 0.3 is 6.18 Å². The van der Waals surface area contributed by atoms with Gasteiger partial charge in [0.05, 0.1) is 7.11 Å². The first-order valence-electron chi connectivity index (χ1n) is 6.99. The minimum atomic E-state index is -4.38. The Hall–Kier alpha value is -1.38. The zero-order valence-electron chi connectivity index (χ0n) is 12.5. The average Bonchev–Trinajstić information content (AvgIpc) is 2.94. The highest BCUT2D eigenvalue weighted by molar-refractivity contribution is 5.85. The van der Waals surface area contributed by atoms with E-state index in [0.29, 0.717) is 37.7 Å². The Morgan fingerprint density at radius 2 is 1.91 bits per heavy atom. The van der Waals surface area contributed by atoms with E-state index in [-0.39, 0.29) is 30.5 Å². The van der Waals surface area contributed by atoms with Gasteiger partial charge in [-0.05, 0) is 17.7 Å². The lowest BCUT2D eigenvalue weighted by Gasteiger charge is -2.36. The maximum Gasteiger partial charge on any atom is 0.408 e. The quantitative estimate of drug-likeness (QED) is 0.902.